The van der Waals surface area contributed by atoms with E-state index in [0.717, 1.165) is 16.7 Å². The van der Waals surface area contributed by atoms with Crippen LogP contribution >= 0.6 is 0 Å². The zero-order valence-electron chi connectivity index (χ0n) is 21.3. The molecule has 0 fully saturated rings. The predicted molar refractivity (Wildman–Crippen MR) is 135 cm³/mol. The Morgan fingerprint density at radius 3 is 2.57 bits per heavy atom. The average molecular weight is 505 g/mol. The highest BCUT2D eigenvalue weighted by atomic mass is 16.7. The van der Waals surface area contributed by atoms with E-state index in [9.17, 15) is 9.59 Å². The molecule has 0 aliphatic carbocycles. The normalized spacial score (nSPS) is 11.7. The minimum absolute atomic E-state index is 0.142. The van der Waals surface area contributed by atoms with E-state index in [1.54, 1.807) is 55.0 Å². The van der Waals surface area contributed by atoms with Gasteiger partial charge in [-0.05, 0) is 67.4 Å². The molecule has 12 heteroatoms. The smallest absolute Gasteiger partial charge is 0.435 e. The summed E-state index contributed by atoms with van der Waals surface area (Å²) in [5.41, 5.74) is 3.62. The summed E-state index contributed by atoms with van der Waals surface area (Å²) < 4.78 is 13.1. The number of nitrogens with zero attached hydrogens (tertiary/aromatic N) is 8. The second-order valence-corrected chi connectivity index (χ2v) is 8.15. The lowest BCUT2D eigenvalue weighted by Gasteiger charge is -2.21. The zero-order valence-corrected chi connectivity index (χ0v) is 21.3. The molecule has 12 nitrogen and oxygen atoms in total. The molecule has 1 amide bonds. The van der Waals surface area contributed by atoms with Crippen molar-refractivity contribution in [1.82, 2.24) is 35.0 Å². The van der Waals surface area contributed by atoms with Crippen molar-refractivity contribution in [2.75, 3.05) is 18.1 Å². The van der Waals surface area contributed by atoms with Crippen LogP contribution in [-0.2, 0) is 16.5 Å². The van der Waals surface area contributed by atoms with Gasteiger partial charge in [0.25, 0.3) is 5.91 Å². The number of ether oxygens (including phenoxy) is 2. The van der Waals surface area contributed by atoms with Crippen LogP contribution in [0.3, 0.4) is 0 Å². The highest BCUT2D eigenvalue weighted by molar-refractivity contribution is 6.06. The molecule has 3 aromatic heterocycles. The van der Waals surface area contributed by atoms with Gasteiger partial charge in [0.2, 0.25) is 5.82 Å². The topological polar surface area (TPSA) is 130 Å². The number of hydrogen-bond acceptors (Lipinski definition) is 9. The van der Waals surface area contributed by atoms with Gasteiger partial charge in [-0.2, -0.15) is 9.78 Å². The third-order valence-corrected chi connectivity index (χ3v) is 5.76. The van der Waals surface area contributed by atoms with Crippen molar-refractivity contribution in [3.05, 3.63) is 59.9 Å². The molecular formula is C25H28N8O4. The molecule has 1 aromatic carbocycles. The number of benzene rings is 1. The quantitative estimate of drug-likeness (QED) is 0.329. The number of aromatic nitrogens is 7. The predicted octanol–water partition coefficient (Wildman–Crippen LogP) is 3.80. The number of tetrazole rings is 1. The van der Waals surface area contributed by atoms with Crippen LogP contribution in [0.2, 0.25) is 0 Å². The van der Waals surface area contributed by atoms with Crippen molar-refractivity contribution in [1.29, 1.82) is 0 Å². The summed E-state index contributed by atoms with van der Waals surface area (Å²) in [4.78, 5) is 31.1. The molecule has 0 radical (unpaired) electrons. The Labute approximate surface area is 213 Å². The summed E-state index contributed by atoms with van der Waals surface area (Å²) in [6.45, 7) is 7.84. The number of rotatable bonds is 8. The number of carbonyl (C=O) groups is 2. The maximum Gasteiger partial charge on any atom is 0.510 e. The van der Waals surface area contributed by atoms with Gasteiger partial charge >= 0.3 is 6.16 Å². The van der Waals surface area contributed by atoms with Crippen molar-refractivity contribution in [2.45, 2.75) is 33.9 Å². The van der Waals surface area contributed by atoms with E-state index >= 15 is 0 Å². The fourth-order valence-corrected chi connectivity index (χ4v) is 3.95. The van der Waals surface area contributed by atoms with Crippen LogP contribution in [-0.4, -0.2) is 60.2 Å². The summed E-state index contributed by atoms with van der Waals surface area (Å²) in [5, 5.41) is 16.3. The van der Waals surface area contributed by atoms with Gasteiger partial charge in [-0.1, -0.05) is 18.2 Å². The van der Waals surface area contributed by atoms with Gasteiger partial charge in [-0.15, -0.1) is 5.10 Å². The van der Waals surface area contributed by atoms with Crippen LogP contribution in [0.4, 0.5) is 10.6 Å². The Balaban J connectivity index is 1.63. The third kappa shape index (κ3) is 5.17. The number of aryl methyl sites for hydroxylation is 2. The molecule has 0 N–H and O–H groups in total. The fourth-order valence-electron chi connectivity index (χ4n) is 3.95. The maximum absolute atomic E-state index is 13.3. The third-order valence-electron chi connectivity index (χ3n) is 5.76. The zero-order chi connectivity index (χ0) is 26.5. The summed E-state index contributed by atoms with van der Waals surface area (Å²) in [6.07, 6.45) is 1.74. The van der Waals surface area contributed by atoms with Gasteiger partial charge in [-0.25, -0.2) is 9.78 Å². The summed E-state index contributed by atoms with van der Waals surface area (Å²) in [7, 11) is 1.76. The van der Waals surface area contributed by atoms with E-state index in [1.165, 1.54) is 4.68 Å². The van der Waals surface area contributed by atoms with Crippen molar-refractivity contribution in [2.24, 2.45) is 7.05 Å². The van der Waals surface area contributed by atoms with E-state index in [-0.39, 0.29) is 12.5 Å². The summed E-state index contributed by atoms with van der Waals surface area (Å²) in [5.74, 6) is 0.852. The van der Waals surface area contributed by atoms with Crippen LogP contribution in [0.15, 0.2) is 48.8 Å². The standard InChI is InChI=1S/C25H28N8O4/c1-6-32(22-16(3)9-8-14-26-22)24(34)19-12-10-18(11-13-19)20-15-27-31(5)21(20)23-28-29-30-33(23)17(4)37-25(35)36-7-2/h8-15,17H,6-7H2,1-5H3. The second-order valence-electron chi connectivity index (χ2n) is 8.15. The lowest BCUT2D eigenvalue weighted by Crippen LogP contribution is -2.32. The van der Waals surface area contributed by atoms with Gasteiger partial charge in [0.1, 0.15) is 11.5 Å². The molecule has 1 atom stereocenters. The molecule has 3 heterocycles. The van der Waals surface area contributed by atoms with Gasteiger partial charge in [0.15, 0.2) is 6.23 Å². The molecule has 0 bridgehead atoms. The van der Waals surface area contributed by atoms with E-state index in [4.69, 9.17) is 9.47 Å². The summed E-state index contributed by atoms with van der Waals surface area (Å²) >= 11 is 0. The van der Waals surface area contributed by atoms with Gasteiger partial charge in [0, 0.05) is 30.9 Å². The molecule has 4 aromatic rings. The molecule has 192 valence electrons. The van der Waals surface area contributed by atoms with Crippen molar-refractivity contribution >= 4 is 17.9 Å². The Morgan fingerprint density at radius 1 is 1.14 bits per heavy atom. The van der Waals surface area contributed by atoms with E-state index in [1.807, 2.05) is 38.1 Å². The van der Waals surface area contributed by atoms with Crippen molar-refractivity contribution in [3.63, 3.8) is 0 Å². The lowest BCUT2D eigenvalue weighted by atomic mass is 10.0. The molecule has 1 unspecified atom stereocenters. The van der Waals surface area contributed by atoms with Crippen molar-refractivity contribution < 1.29 is 19.1 Å². The number of pyridine rings is 1. The van der Waals surface area contributed by atoms with Crippen LogP contribution in [0, 0.1) is 6.92 Å². The first-order valence-corrected chi connectivity index (χ1v) is 11.8. The Kier molecular flexibility index (Phi) is 7.56. The van der Waals surface area contributed by atoms with Gasteiger partial charge < -0.3 is 9.47 Å². The second kappa shape index (κ2) is 11.0. The maximum atomic E-state index is 13.3. The van der Waals surface area contributed by atoms with Gasteiger partial charge in [-0.3, -0.25) is 14.4 Å². The Hall–Kier alpha value is -4.61. The van der Waals surface area contributed by atoms with Crippen LogP contribution in [0.25, 0.3) is 22.6 Å². The average Bonchev–Trinajstić information content (AvgIpc) is 3.52. The van der Waals surface area contributed by atoms with Crippen LogP contribution in [0.5, 0.6) is 0 Å². The number of hydrogen-bond donors (Lipinski definition) is 0. The molecular weight excluding hydrogens is 476 g/mol. The SMILES string of the molecule is CCOC(=O)OC(C)n1nnnc1-c1c(-c2ccc(C(=O)N(CC)c3ncccc3C)cc2)cnn1C. The number of anilines is 1. The lowest BCUT2D eigenvalue weighted by molar-refractivity contribution is 0.00140. The molecule has 4 rings (SSSR count). The highest BCUT2D eigenvalue weighted by Gasteiger charge is 2.25. The number of carbonyl (C=O) groups excluding carboxylic acids is 2. The first kappa shape index (κ1) is 25.5. The molecule has 0 aliphatic rings. The van der Waals surface area contributed by atoms with Crippen LogP contribution in [0.1, 0.15) is 42.9 Å². The van der Waals surface area contributed by atoms with Gasteiger partial charge in [0.05, 0.1) is 12.8 Å². The Bertz CT molecular complexity index is 1400. The highest BCUT2D eigenvalue weighted by Crippen LogP contribution is 2.32. The Morgan fingerprint density at radius 2 is 1.89 bits per heavy atom. The van der Waals surface area contributed by atoms with Crippen LogP contribution < -0.4 is 4.90 Å². The van der Waals surface area contributed by atoms with Crippen molar-refractivity contribution in [3.8, 4) is 22.6 Å². The van der Waals surface area contributed by atoms with E-state index in [2.05, 4.69) is 25.6 Å². The van der Waals surface area contributed by atoms with E-state index < -0.39 is 12.4 Å². The molecule has 0 aliphatic heterocycles. The molecule has 37 heavy (non-hydrogen) atoms. The number of amides is 1. The molecule has 0 saturated carbocycles. The monoisotopic (exact) mass is 504 g/mol. The summed E-state index contributed by atoms with van der Waals surface area (Å²) in [6, 6.07) is 11.0. The molecule has 0 saturated heterocycles. The van der Waals surface area contributed by atoms with E-state index in [0.29, 0.717) is 29.4 Å². The first-order chi connectivity index (χ1) is 17.8. The largest absolute Gasteiger partial charge is 0.510 e. The minimum Gasteiger partial charge on any atom is -0.435 e. The fraction of sp³-hybridized carbons (Fsp3) is 0.320. The molecule has 0 spiro atoms. The first-order valence-electron chi connectivity index (χ1n) is 11.8. The minimum atomic E-state index is -0.818.